The number of halogens is 3. The number of nitrogens with zero attached hydrogens (tertiary/aromatic N) is 2. The van der Waals surface area contributed by atoms with Crippen LogP contribution in [0.15, 0.2) is 66.9 Å². The monoisotopic (exact) mass is 375 g/mol. The Labute approximate surface area is 153 Å². The van der Waals surface area contributed by atoms with Crippen LogP contribution in [0, 0.1) is 0 Å². The van der Waals surface area contributed by atoms with E-state index in [0.29, 0.717) is 12.4 Å². The number of carbonyl (C=O) groups excluding carboxylic acids is 1. The van der Waals surface area contributed by atoms with Crippen LogP contribution in [0.25, 0.3) is 0 Å². The number of nitrogens with one attached hydrogen (secondary N) is 1. The topological polar surface area (TPSA) is 56.1 Å². The van der Waals surface area contributed by atoms with Crippen LogP contribution in [0.5, 0.6) is 5.75 Å². The first kappa shape index (κ1) is 18.5. The molecule has 0 aliphatic carbocycles. The molecule has 3 rings (SSSR count). The highest BCUT2D eigenvalue weighted by atomic mass is 19.4. The minimum Gasteiger partial charge on any atom is -0.483 e. The van der Waals surface area contributed by atoms with Crippen molar-refractivity contribution in [2.75, 3.05) is 11.9 Å². The number of para-hydroxylation sites is 1. The van der Waals surface area contributed by atoms with Crippen molar-refractivity contribution in [3.8, 4) is 5.75 Å². The Kier molecular flexibility index (Phi) is 5.44. The van der Waals surface area contributed by atoms with Crippen LogP contribution in [0.4, 0.5) is 19.0 Å². The van der Waals surface area contributed by atoms with E-state index in [-0.39, 0.29) is 0 Å². The quantitative estimate of drug-likeness (QED) is 0.709. The molecule has 0 atom stereocenters. The maximum Gasteiger partial charge on any atom is 0.419 e. The molecule has 2 aromatic carbocycles. The first-order valence-electron chi connectivity index (χ1n) is 8.08. The Balaban J connectivity index is 1.62. The van der Waals surface area contributed by atoms with Gasteiger partial charge in [-0.3, -0.25) is 4.79 Å². The average molecular weight is 375 g/mol. The van der Waals surface area contributed by atoms with Crippen LogP contribution in [-0.4, -0.2) is 22.3 Å². The van der Waals surface area contributed by atoms with Crippen molar-refractivity contribution >= 4 is 11.7 Å². The molecule has 0 unspecified atom stereocenters. The number of hydrogen-bond acceptors (Lipinski definition) is 3. The van der Waals surface area contributed by atoms with E-state index in [1.165, 1.54) is 24.4 Å². The second-order valence-corrected chi connectivity index (χ2v) is 5.69. The Morgan fingerprint density at radius 2 is 1.74 bits per heavy atom. The summed E-state index contributed by atoms with van der Waals surface area (Å²) < 4.78 is 45.5. The van der Waals surface area contributed by atoms with Crippen LogP contribution in [0.1, 0.15) is 11.1 Å². The lowest BCUT2D eigenvalue weighted by Crippen LogP contribution is -2.23. The van der Waals surface area contributed by atoms with Gasteiger partial charge in [0.15, 0.2) is 6.61 Å². The SMILES string of the molecule is O=C(COc1ccccc1C(F)(F)F)Nc1ccnn1Cc1ccccc1. The van der Waals surface area contributed by atoms with Crippen molar-refractivity contribution in [1.82, 2.24) is 9.78 Å². The average Bonchev–Trinajstić information content (AvgIpc) is 3.07. The Hall–Kier alpha value is -3.29. The van der Waals surface area contributed by atoms with Crippen LogP contribution < -0.4 is 10.1 Å². The second kappa shape index (κ2) is 7.94. The van der Waals surface area contributed by atoms with Gasteiger partial charge in [-0.05, 0) is 17.7 Å². The number of benzene rings is 2. The summed E-state index contributed by atoms with van der Waals surface area (Å²) >= 11 is 0. The first-order valence-corrected chi connectivity index (χ1v) is 8.08. The summed E-state index contributed by atoms with van der Waals surface area (Å²) in [5.41, 5.74) is 0.0685. The van der Waals surface area contributed by atoms with E-state index in [9.17, 15) is 18.0 Å². The van der Waals surface area contributed by atoms with Gasteiger partial charge in [0.05, 0.1) is 18.3 Å². The fraction of sp³-hybridized carbons (Fsp3) is 0.158. The van der Waals surface area contributed by atoms with Crippen molar-refractivity contribution in [1.29, 1.82) is 0 Å². The van der Waals surface area contributed by atoms with E-state index in [1.807, 2.05) is 30.3 Å². The number of amides is 1. The molecule has 0 saturated carbocycles. The van der Waals surface area contributed by atoms with Crippen molar-refractivity contribution in [3.05, 3.63) is 78.0 Å². The maximum absolute atomic E-state index is 12.9. The third-order valence-electron chi connectivity index (χ3n) is 3.71. The van der Waals surface area contributed by atoms with Crippen molar-refractivity contribution in [2.24, 2.45) is 0 Å². The number of alkyl halides is 3. The summed E-state index contributed by atoms with van der Waals surface area (Å²) in [6.45, 7) is -0.106. The molecule has 0 fully saturated rings. The number of hydrogen-bond donors (Lipinski definition) is 1. The molecule has 8 heteroatoms. The standard InChI is InChI=1S/C19H16F3N3O2/c20-19(21,22)15-8-4-5-9-16(15)27-13-18(26)24-17-10-11-23-25(17)12-14-6-2-1-3-7-14/h1-11H,12-13H2,(H,24,26). The minimum absolute atomic E-state index is 0.391. The zero-order valence-corrected chi connectivity index (χ0v) is 14.1. The van der Waals surface area contributed by atoms with Crippen LogP contribution >= 0.6 is 0 Å². The first-order chi connectivity index (χ1) is 12.9. The van der Waals surface area contributed by atoms with E-state index in [2.05, 4.69) is 10.4 Å². The maximum atomic E-state index is 12.9. The number of rotatable bonds is 6. The summed E-state index contributed by atoms with van der Waals surface area (Å²) in [6.07, 6.45) is -3.03. The van der Waals surface area contributed by atoms with E-state index >= 15 is 0 Å². The second-order valence-electron chi connectivity index (χ2n) is 5.69. The van der Waals surface area contributed by atoms with Crippen LogP contribution in [0.3, 0.4) is 0 Å². The number of aromatic nitrogens is 2. The van der Waals surface area contributed by atoms with Gasteiger partial charge in [0.1, 0.15) is 11.6 Å². The van der Waals surface area contributed by atoms with Gasteiger partial charge in [-0.15, -0.1) is 0 Å². The van der Waals surface area contributed by atoms with Gasteiger partial charge in [-0.1, -0.05) is 42.5 Å². The molecule has 0 aliphatic heterocycles. The molecule has 0 bridgehead atoms. The molecule has 27 heavy (non-hydrogen) atoms. The molecular weight excluding hydrogens is 359 g/mol. The molecule has 1 N–H and O–H groups in total. The van der Waals surface area contributed by atoms with E-state index in [4.69, 9.17) is 4.74 Å². The van der Waals surface area contributed by atoms with Crippen LogP contribution in [0.2, 0.25) is 0 Å². The van der Waals surface area contributed by atoms with E-state index in [1.54, 1.807) is 10.7 Å². The molecular formula is C19H16F3N3O2. The molecule has 1 heterocycles. The highest BCUT2D eigenvalue weighted by Gasteiger charge is 2.34. The minimum atomic E-state index is -4.55. The molecule has 140 valence electrons. The van der Waals surface area contributed by atoms with E-state index < -0.39 is 30.0 Å². The molecule has 1 amide bonds. The summed E-state index contributed by atoms with van der Waals surface area (Å²) in [6, 6.07) is 15.9. The van der Waals surface area contributed by atoms with E-state index in [0.717, 1.165) is 11.6 Å². The molecule has 0 spiro atoms. The number of anilines is 1. The molecule has 5 nitrogen and oxygen atoms in total. The van der Waals surface area contributed by atoms with Crippen LogP contribution in [-0.2, 0) is 17.5 Å². The van der Waals surface area contributed by atoms with Crippen molar-refractivity contribution < 1.29 is 22.7 Å². The lowest BCUT2D eigenvalue weighted by atomic mass is 10.2. The Bertz CT molecular complexity index is 908. The van der Waals surface area contributed by atoms with Crippen molar-refractivity contribution in [3.63, 3.8) is 0 Å². The highest BCUT2D eigenvalue weighted by molar-refractivity contribution is 5.91. The van der Waals surface area contributed by atoms with Gasteiger partial charge in [-0.2, -0.15) is 18.3 Å². The molecule has 3 aromatic rings. The summed E-state index contributed by atoms with van der Waals surface area (Å²) in [7, 11) is 0. The van der Waals surface area contributed by atoms with Gasteiger partial charge in [0.2, 0.25) is 0 Å². The fourth-order valence-corrected chi connectivity index (χ4v) is 2.47. The molecule has 1 aromatic heterocycles. The lowest BCUT2D eigenvalue weighted by Gasteiger charge is -2.14. The largest absolute Gasteiger partial charge is 0.483 e. The Morgan fingerprint density at radius 3 is 2.48 bits per heavy atom. The zero-order chi connectivity index (χ0) is 19.3. The predicted molar refractivity (Wildman–Crippen MR) is 93.3 cm³/mol. The number of ether oxygens (including phenoxy) is 1. The molecule has 0 aliphatic rings. The summed E-state index contributed by atoms with van der Waals surface area (Å²) in [4.78, 5) is 12.1. The molecule has 0 saturated heterocycles. The summed E-state index contributed by atoms with van der Waals surface area (Å²) in [5.74, 6) is -0.545. The van der Waals surface area contributed by atoms with Gasteiger partial charge in [0, 0.05) is 6.07 Å². The van der Waals surface area contributed by atoms with Gasteiger partial charge in [0.25, 0.3) is 5.91 Å². The molecule has 0 radical (unpaired) electrons. The predicted octanol–water partition coefficient (Wildman–Crippen LogP) is 3.97. The number of carbonyl (C=O) groups is 1. The van der Waals surface area contributed by atoms with Gasteiger partial charge >= 0.3 is 6.18 Å². The van der Waals surface area contributed by atoms with Gasteiger partial charge in [-0.25, -0.2) is 4.68 Å². The zero-order valence-electron chi connectivity index (χ0n) is 14.1. The normalized spacial score (nSPS) is 11.2. The van der Waals surface area contributed by atoms with Crippen molar-refractivity contribution in [2.45, 2.75) is 12.7 Å². The fourth-order valence-electron chi connectivity index (χ4n) is 2.47. The highest BCUT2D eigenvalue weighted by Crippen LogP contribution is 2.35. The Morgan fingerprint density at radius 1 is 1.04 bits per heavy atom. The van der Waals surface area contributed by atoms with Gasteiger partial charge < -0.3 is 10.1 Å². The third kappa shape index (κ3) is 4.87. The lowest BCUT2D eigenvalue weighted by molar-refractivity contribution is -0.139. The summed E-state index contributed by atoms with van der Waals surface area (Å²) in [5, 5.41) is 6.74. The smallest absolute Gasteiger partial charge is 0.419 e. The third-order valence-corrected chi connectivity index (χ3v) is 3.71.